The summed E-state index contributed by atoms with van der Waals surface area (Å²) in [6.45, 7) is 0.167. The summed E-state index contributed by atoms with van der Waals surface area (Å²) < 4.78 is 38.6. The van der Waals surface area contributed by atoms with E-state index in [1.54, 1.807) is 0 Å². The predicted octanol–water partition coefficient (Wildman–Crippen LogP) is -8.58. The zero-order valence-corrected chi connectivity index (χ0v) is 25.3. The number of amides is 1. The van der Waals surface area contributed by atoms with Gasteiger partial charge in [0.1, 0.15) is 91.5 Å². The van der Waals surface area contributed by atoms with Crippen molar-refractivity contribution in [2.45, 2.75) is 137 Å². The quantitative estimate of drug-likeness (QED) is 0.101. The third-order valence-corrected chi connectivity index (χ3v) is 8.55. The van der Waals surface area contributed by atoms with Gasteiger partial charge in [-0.3, -0.25) is 4.79 Å². The molecule has 0 aliphatic carbocycles. The highest BCUT2D eigenvalue weighted by Crippen LogP contribution is 2.33. The number of ether oxygens (including phenoxy) is 7. The van der Waals surface area contributed by atoms with Gasteiger partial charge in [0, 0.05) is 6.92 Å². The van der Waals surface area contributed by atoms with Gasteiger partial charge in [-0.2, -0.15) is 0 Å². The first kappa shape index (κ1) is 38.5. The lowest BCUT2D eigenvalue weighted by atomic mass is 9.95. The van der Waals surface area contributed by atoms with Crippen molar-refractivity contribution < 1.29 is 99.2 Å². The number of hydrogen-bond donors (Lipinski definition) is 13. The van der Waals surface area contributed by atoms with Crippen LogP contribution in [0.4, 0.5) is 0 Å². The maximum atomic E-state index is 12.0. The van der Waals surface area contributed by atoms with E-state index in [0.29, 0.717) is 0 Å². The normalized spacial score (nSPS) is 51.0. The molecule has 47 heavy (non-hydrogen) atoms. The molecule has 4 heterocycles. The van der Waals surface area contributed by atoms with Crippen molar-refractivity contribution in [1.82, 2.24) is 5.32 Å². The molecule has 20 atom stereocenters. The number of aliphatic hydroxyl groups excluding tert-OH is 12. The van der Waals surface area contributed by atoms with Gasteiger partial charge in [0.2, 0.25) is 5.91 Å². The Kier molecular flexibility index (Phi) is 13.2. The minimum absolute atomic E-state index is 0.613. The fourth-order valence-corrected chi connectivity index (χ4v) is 5.79. The topological polar surface area (TPSA) is 336 Å². The Morgan fingerprint density at radius 1 is 0.596 bits per heavy atom. The lowest BCUT2D eigenvalue weighted by Gasteiger charge is -2.49. The van der Waals surface area contributed by atoms with Gasteiger partial charge in [-0.05, 0) is 6.92 Å². The van der Waals surface area contributed by atoms with E-state index in [1.165, 1.54) is 6.92 Å². The van der Waals surface area contributed by atoms with Crippen LogP contribution in [-0.2, 0) is 38.0 Å². The SMILES string of the molecule is CC(=O)N[C@H]1[C@H](OC[C@H]2O[C@@H](O)[C@H](O)[C@@H](O)[C@H]2O)O[C@H](CO)[C@@H](O[C@@H]2O[C@H](CO)[C@H](O)[C@H](O[C@H]3O[C@H](C)[C@H](O)[C@H](O)[C@H]3O)[C@H]2O)[C@@H]1O. The maximum absolute atomic E-state index is 12.0. The lowest BCUT2D eigenvalue weighted by Crippen LogP contribution is -2.68. The summed E-state index contributed by atoms with van der Waals surface area (Å²) in [5, 5.41) is 126. The number of hydrogen-bond acceptors (Lipinski definition) is 20. The van der Waals surface area contributed by atoms with E-state index >= 15 is 0 Å². The molecule has 21 heteroatoms. The molecule has 4 rings (SSSR count). The van der Waals surface area contributed by atoms with E-state index in [4.69, 9.17) is 33.2 Å². The van der Waals surface area contributed by atoms with Gasteiger partial charge in [0.15, 0.2) is 25.2 Å². The van der Waals surface area contributed by atoms with Gasteiger partial charge in [-0.15, -0.1) is 0 Å². The molecule has 0 saturated carbocycles. The monoisotopic (exact) mass is 691 g/mol. The molecule has 13 N–H and O–H groups in total. The molecule has 0 aromatic rings. The molecule has 0 radical (unpaired) electrons. The van der Waals surface area contributed by atoms with Crippen molar-refractivity contribution in [2.24, 2.45) is 0 Å². The molecule has 274 valence electrons. The van der Waals surface area contributed by atoms with Crippen LogP contribution in [0.3, 0.4) is 0 Å². The first-order valence-electron chi connectivity index (χ1n) is 14.9. The highest BCUT2D eigenvalue weighted by atomic mass is 16.8. The van der Waals surface area contributed by atoms with Crippen LogP contribution in [0.1, 0.15) is 13.8 Å². The molecule has 1 amide bonds. The Balaban J connectivity index is 1.50. The third kappa shape index (κ3) is 8.20. The van der Waals surface area contributed by atoms with E-state index in [1.807, 2.05) is 0 Å². The molecule has 21 nitrogen and oxygen atoms in total. The summed E-state index contributed by atoms with van der Waals surface area (Å²) in [6.07, 6.45) is -31.5. The molecule has 4 aliphatic heterocycles. The Labute approximate surface area is 267 Å². The van der Waals surface area contributed by atoms with Crippen molar-refractivity contribution in [3.63, 3.8) is 0 Å². The van der Waals surface area contributed by atoms with Gasteiger partial charge in [-0.25, -0.2) is 0 Å². The number of carbonyl (C=O) groups is 1. The molecule has 0 unspecified atom stereocenters. The summed E-state index contributed by atoms with van der Waals surface area (Å²) in [5.41, 5.74) is 0. The van der Waals surface area contributed by atoms with Gasteiger partial charge in [-0.1, -0.05) is 0 Å². The summed E-state index contributed by atoms with van der Waals surface area (Å²) in [4.78, 5) is 12.0. The highest BCUT2D eigenvalue weighted by molar-refractivity contribution is 5.73. The van der Waals surface area contributed by atoms with Crippen LogP contribution in [0, 0.1) is 0 Å². The van der Waals surface area contributed by atoms with Crippen molar-refractivity contribution in [2.75, 3.05) is 19.8 Å². The summed E-state index contributed by atoms with van der Waals surface area (Å²) in [6, 6.07) is -1.46. The highest BCUT2D eigenvalue weighted by Gasteiger charge is 2.54. The van der Waals surface area contributed by atoms with Crippen LogP contribution in [0.5, 0.6) is 0 Å². The van der Waals surface area contributed by atoms with Crippen LogP contribution in [0.2, 0.25) is 0 Å². The van der Waals surface area contributed by atoms with E-state index in [-0.39, 0.29) is 0 Å². The number of rotatable bonds is 10. The van der Waals surface area contributed by atoms with E-state index < -0.39 is 148 Å². The number of aliphatic hydroxyl groups is 12. The molecule has 0 aromatic carbocycles. The molecular weight excluding hydrogens is 646 g/mol. The average molecular weight is 692 g/mol. The Morgan fingerprint density at radius 2 is 1.17 bits per heavy atom. The summed E-state index contributed by atoms with van der Waals surface area (Å²) in [5.74, 6) is -0.686. The van der Waals surface area contributed by atoms with Crippen molar-refractivity contribution in [1.29, 1.82) is 0 Å². The van der Waals surface area contributed by atoms with Gasteiger partial charge >= 0.3 is 0 Å². The molecule has 0 spiro atoms. The van der Waals surface area contributed by atoms with Crippen LogP contribution in [0.25, 0.3) is 0 Å². The van der Waals surface area contributed by atoms with Crippen molar-refractivity contribution in [3.05, 3.63) is 0 Å². The predicted molar refractivity (Wildman–Crippen MR) is 144 cm³/mol. The van der Waals surface area contributed by atoms with Gasteiger partial charge < -0.3 is 99.8 Å². The smallest absolute Gasteiger partial charge is 0.217 e. The Morgan fingerprint density at radius 3 is 1.79 bits per heavy atom. The maximum Gasteiger partial charge on any atom is 0.217 e. The second kappa shape index (κ2) is 16.2. The third-order valence-electron chi connectivity index (χ3n) is 8.55. The number of nitrogens with one attached hydrogen (secondary N) is 1. The lowest BCUT2D eigenvalue weighted by molar-refractivity contribution is -0.375. The molecular formula is C26H45NO20. The first-order valence-corrected chi connectivity index (χ1v) is 14.9. The van der Waals surface area contributed by atoms with Crippen LogP contribution >= 0.6 is 0 Å². The Hall–Kier alpha value is -1.29. The van der Waals surface area contributed by atoms with E-state index in [0.717, 1.165) is 6.92 Å². The largest absolute Gasteiger partial charge is 0.394 e. The zero-order chi connectivity index (χ0) is 34.9. The van der Waals surface area contributed by atoms with Crippen LogP contribution < -0.4 is 5.32 Å². The Bertz CT molecular complexity index is 1010. The molecule has 0 aromatic heterocycles. The second-order valence-corrected chi connectivity index (χ2v) is 11.9. The fourth-order valence-electron chi connectivity index (χ4n) is 5.79. The zero-order valence-electron chi connectivity index (χ0n) is 25.3. The van der Waals surface area contributed by atoms with Crippen molar-refractivity contribution >= 4 is 5.91 Å². The minimum atomic E-state index is -1.94. The first-order chi connectivity index (χ1) is 22.1. The van der Waals surface area contributed by atoms with Crippen LogP contribution in [-0.4, -0.2) is 210 Å². The van der Waals surface area contributed by atoms with Gasteiger partial charge in [0.05, 0.1) is 25.9 Å². The number of carbonyl (C=O) groups excluding carboxylic acids is 1. The standard InChI is InChI=1S/C26H45NO20/c1-6-12(31)16(35)19(38)25(42-6)47-22-14(33)8(3-28)44-26(20(22)39)46-21-9(4-29)45-24(11(15(21)34)27-7(2)30)41-5-10-13(32)17(36)18(37)23(40)43-10/h6,8-26,28-29,31-40H,3-5H2,1-2H3,(H,27,30)/t6-,8-,9-,10-,11-,12+,13+,14+,15-,16+,17+,18-,19-,20-,21-,22+,23-,24-,25-,26+/m1/s1. The summed E-state index contributed by atoms with van der Waals surface area (Å²) >= 11 is 0. The van der Waals surface area contributed by atoms with Crippen molar-refractivity contribution in [3.8, 4) is 0 Å². The molecule has 4 saturated heterocycles. The minimum Gasteiger partial charge on any atom is -0.394 e. The van der Waals surface area contributed by atoms with E-state index in [2.05, 4.69) is 5.32 Å². The molecule has 4 fully saturated rings. The van der Waals surface area contributed by atoms with Gasteiger partial charge in [0.25, 0.3) is 0 Å². The van der Waals surface area contributed by atoms with Crippen LogP contribution in [0.15, 0.2) is 0 Å². The van der Waals surface area contributed by atoms with E-state index in [9.17, 15) is 66.1 Å². The average Bonchev–Trinajstić information content (AvgIpc) is 3.03. The second-order valence-electron chi connectivity index (χ2n) is 11.9. The summed E-state index contributed by atoms with van der Waals surface area (Å²) in [7, 11) is 0. The fraction of sp³-hybridized carbons (Fsp3) is 0.962. The molecule has 4 aliphatic rings. The molecule has 0 bridgehead atoms.